The number of fused-ring (bicyclic) bond motifs is 2. The minimum atomic E-state index is -0.327. The van der Waals surface area contributed by atoms with Crippen LogP contribution in [0.1, 0.15) is 50.5 Å². The molecular formula is C26H36N6O3. The maximum absolute atomic E-state index is 13.4. The molecule has 2 N–H and O–H groups in total. The first-order valence-corrected chi connectivity index (χ1v) is 12.7. The van der Waals surface area contributed by atoms with Crippen LogP contribution in [0.5, 0.6) is 0 Å². The predicted octanol–water partition coefficient (Wildman–Crippen LogP) is 3.57. The predicted molar refractivity (Wildman–Crippen MR) is 135 cm³/mol. The van der Waals surface area contributed by atoms with Crippen LogP contribution < -0.4 is 5.32 Å². The molecule has 2 bridgehead atoms. The standard InChI is InChI=1S/C26H36N6O3/c1-31-11-6-12-32(20-7-4-3-5-8-20)23(33)16-35-22-13-19(9-10-21(22)34-2)30-26-24-18(15-31)14-27-25(24)28-17-29-26/h9-10,14,17,20,22H,3-8,11-13,15-16H2,1-2H3,(H2,27,28,29,30). The van der Waals surface area contributed by atoms with Crippen molar-refractivity contribution in [3.8, 4) is 0 Å². The minimum Gasteiger partial charge on any atom is -0.498 e. The molecule has 1 aliphatic heterocycles. The van der Waals surface area contributed by atoms with Gasteiger partial charge >= 0.3 is 0 Å². The quantitative estimate of drug-likeness (QED) is 0.678. The summed E-state index contributed by atoms with van der Waals surface area (Å²) < 4.78 is 11.8. The molecule has 1 atom stereocenters. The van der Waals surface area contributed by atoms with Crippen molar-refractivity contribution in [2.75, 3.05) is 39.2 Å². The number of H-pyrrole nitrogens is 1. The van der Waals surface area contributed by atoms with Crippen LogP contribution in [0.3, 0.4) is 0 Å². The zero-order chi connectivity index (χ0) is 24.2. The van der Waals surface area contributed by atoms with E-state index in [4.69, 9.17) is 9.47 Å². The van der Waals surface area contributed by atoms with Gasteiger partial charge in [-0.05, 0) is 50.6 Å². The Hall–Kier alpha value is -2.91. The molecule has 1 amide bonds. The van der Waals surface area contributed by atoms with Gasteiger partial charge in [0.2, 0.25) is 5.91 Å². The van der Waals surface area contributed by atoms with Gasteiger partial charge in [0.15, 0.2) is 0 Å². The summed E-state index contributed by atoms with van der Waals surface area (Å²) in [6, 6.07) is 0.318. The van der Waals surface area contributed by atoms with E-state index in [2.05, 4.69) is 37.1 Å². The number of nitrogens with zero attached hydrogens (tertiary/aromatic N) is 4. The number of hydrogen-bond donors (Lipinski definition) is 2. The Morgan fingerprint density at radius 3 is 2.80 bits per heavy atom. The topological polar surface area (TPSA) is 95.6 Å². The van der Waals surface area contributed by atoms with Gasteiger partial charge in [-0.2, -0.15) is 0 Å². The molecule has 0 radical (unpaired) electrons. The van der Waals surface area contributed by atoms with Gasteiger partial charge in [0, 0.05) is 37.4 Å². The normalized spacial score (nSPS) is 23.5. The number of carbonyl (C=O) groups excluding carboxylic acids is 1. The van der Waals surface area contributed by atoms with Crippen molar-refractivity contribution in [1.29, 1.82) is 0 Å². The molecule has 35 heavy (non-hydrogen) atoms. The number of aromatic nitrogens is 3. The number of aromatic amines is 1. The van der Waals surface area contributed by atoms with E-state index in [1.807, 2.05) is 18.3 Å². The summed E-state index contributed by atoms with van der Waals surface area (Å²) in [6.07, 6.45) is 14.5. The lowest BCUT2D eigenvalue weighted by molar-refractivity contribution is -0.141. The van der Waals surface area contributed by atoms with Crippen molar-refractivity contribution in [2.24, 2.45) is 0 Å². The third-order valence-electron chi connectivity index (χ3n) is 7.36. The number of allylic oxidation sites excluding steroid dienone is 2. The molecule has 3 aliphatic rings. The summed E-state index contributed by atoms with van der Waals surface area (Å²) >= 11 is 0. The fraction of sp³-hybridized carbons (Fsp3) is 0.577. The molecule has 0 saturated heterocycles. The lowest BCUT2D eigenvalue weighted by Crippen LogP contribution is -2.45. The molecular weight excluding hydrogens is 444 g/mol. The number of carbonyl (C=O) groups is 1. The summed E-state index contributed by atoms with van der Waals surface area (Å²) in [7, 11) is 3.77. The molecule has 2 aliphatic carbocycles. The fourth-order valence-electron chi connectivity index (χ4n) is 5.53. The fourth-order valence-corrected chi connectivity index (χ4v) is 5.53. The number of anilines is 1. The van der Waals surface area contributed by atoms with Crippen LogP contribution >= 0.6 is 0 Å². The number of amides is 1. The molecule has 2 aromatic rings. The van der Waals surface area contributed by atoms with E-state index in [1.54, 1.807) is 13.4 Å². The van der Waals surface area contributed by atoms with Gasteiger partial charge in [0.25, 0.3) is 0 Å². The Morgan fingerprint density at radius 2 is 1.97 bits per heavy atom. The highest BCUT2D eigenvalue weighted by molar-refractivity contribution is 5.91. The number of hydrogen-bond acceptors (Lipinski definition) is 7. The Bertz CT molecular complexity index is 1100. The van der Waals surface area contributed by atoms with Crippen molar-refractivity contribution in [2.45, 2.75) is 63.6 Å². The maximum atomic E-state index is 13.4. The first-order chi connectivity index (χ1) is 17.1. The maximum Gasteiger partial charge on any atom is 0.248 e. The molecule has 5 rings (SSSR count). The van der Waals surface area contributed by atoms with Crippen molar-refractivity contribution < 1.29 is 14.3 Å². The van der Waals surface area contributed by atoms with Gasteiger partial charge < -0.3 is 29.6 Å². The smallest absolute Gasteiger partial charge is 0.248 e. The van der Waals surface area contributed by atoms with E-state index in [9.17, 15) is 4.79 Å². The molecule has 2 aromatic heterocycles. The second kappa shape index (κ2) is 10.8. The Morgan fingerprint density at radius 1 is 1.11 bits per heavy atom. The lowest BCUT2D eigenvalue weighted by Gasteiger charge is -2.35. The van der Waals surface area contributed by atoms with Crippen LogP contribution in [0.2, 0.25) is 0 Å². The average molecular weight is 481 g/mol. The molecule has 188 valence electrons. The molecule has 9 heteroatoms. The third-order valence-corrected chi connectivity index (χ3v) is 7.36. The SMILES string of the molecule is COC1=CC=C2CC1OCC(=O)N(C1CCCCC1)CCCN(C)Cc1c[nH]c3ncnc(c13)N2. The van der Waals surface area contributed by atoms with Crippen LogP contribution in [0.4, 0.5) is 5.82 Å². The van der Waals surface area contributed by atoms with E-state index in [-0.39, 0.29) is 18.6 Å². The zero-order valence-electron chi connectivity index (χ0n) is 20.8. The number of nitrogens with one attached hydrogen (secondary N) is 2. The van der Waals surface area contributed by atoms with E-state index >= 15 is 0 Å². The highest BCUT2D eigenvalue weighted by Gasteiger charge is 2.28. The van der Waals surface area contributed by atoms with Crippen LogP contribution in [0.25, 0.3) is 11.0 Å². The Labute approximate surface area is 206 Å². The van der Waals surface area contributed by atoms with E-state index in [0.29, 0.717) is 12.5 Å². The molecule has 0 aromatic carbocycles. The van der Waals surface area contributed by atoms with Crippen molar-refractivity contribution in [3.05, 3.63) is 41.7 Å². The second-order valence-electron chi connectivity index (χ2n) is 9.82. The summed E-state index contributed by atoms with van der Waals surface area (Å²) in [5.41, 5.74) is 2.92. The average Bonchev–Trinajstić information content (AvgIpc) is 3.29. The molecule has 1 saturated carbocycles. The first-order valence-electron chi connectivity index (χ1n) is 12.7. The number of rotatable bonds is 2. The van der Waals surface area contributed by atoms with Gasteiger partial charge in [-0.15, -0.1) is 0 Å². The summed E-state index contributed by atoms with van der Waals surface area (Å²) in [5, 5.41) is 4.49. The van der Waals surface area contributed by atoms with Gasteiger partial charge in [0.05, 0.1) is 12.5 Å². The Balaban J connectivity index is 1.44. The van der Waals surface area contributed by atoms with Crippen LogP contribution in [-0.4, -0.2) is 76.7 Å². The summed E-state index contributed by atoms with van der Waals surface area (Å²) in [5.74, 6) is 1.58. The number of methoxy groups -OCH3 is 1. The van der Waals surface area contributed by atoms with Crippen LogP contribution in [-0.2, 0) is 20.8 Å². The van der Waals surface area contributed by atoms with Crippen LogP contribution in [0, 0.1) is 0 Å². The molecule has 1 fully saturated rings. The van der Waals surface area contributed by atoms with E-state index < -0.39 is 0 Å². The minimum absolute atomic E-state index is 0.0602. The molecule has 9 nitrogen and oxygen atoms in total. The van der Waals surface area contributed by atoms with E-state index in [1.165, 1.54) is 19.3 Å². The van der Waals surface area contributed by atoms with Crippen molar-refractivity contribution in [1.82, 2.24) is 24.8 Å². The first kappa shape index (κ1) is 23.8. The zero-order valence-corrected chi connectivity index (χ0v) is 20.8. The monoisotopic (exact) mass is 480 g/mol. The molecule has 0 spiro atoms. The lowest BCUT2D eigenvalue weighted by atomic mass is 9.94. The Kier molecular flexibility index (Phi) is 7.34. The van der Waals surface area contributed by atoms with Gasteiger partial charge in [-0.3, -0.25) is 4.79 Å². The van der Waals surface area contributed by atoms with Gasteiger partial charge in [-0.1, -0.05) is 19.3 Å². The van der Waals surface area contributed by atoms with E-state index in [0.717, 1.165) is 72.8 Å². The molecule has 3 heterocycles. The van der Waals surface area contributed by atoms with Gasteiger partial charge in [0.1, 0.15) is 36.3 Å². The summed E-state index contributed by atoms with van der Waals surface area (Å²) in [6.45, 7) is 2.48. The summed E-state index contributed by atoms with van der Waals surface area (Å²) in [4.78, 5) is 30.0. The van der Waals surface area contributed by atoms with Crippen molar-refractivity contribution in [3.63, 3.8) is 0 Å². The third kappa shape index (κ3) is 5.36. The van der Waals surface area contributed by atoms with Gasteiger partial charge in [-0.25, -0.2) is 9.97 Å². The second-order valence-corrected chi connectivity index (χ2v) is 9.82. The number of ether oxygens (including phenoxy) is 2. The highest BCUT2D eigenvalue weighted by Crippen LogP contribution is 2.29. The molecule has 1 unspecified atom stereocenters. The highest BCUT2D eigenvalue weighted by atomic mass is 16.5. The van der Waals surface area contributed by atoms with Crippen molar-refractivity contribution >= 4 is 22.8 Å². The largest absolute Gasteiger partial charge is 0.498 e. The van der Waals surface area contributed by atoms with Crippen LogP contribution in [0.15, 0.2) is 36.1 Å².